The zero-order valence-electron chi connectivity index (χ0n) is 17.8. The molecule has 7 heteroatoms. The summed E-state index contributed by atoms with van der Waals surface area (Å²) >= 11 is 0. The van der Waals surface area contributed by atoms with Gasteiger partial charge in [-0.05, 0) is 36.6 Å². The number of sulfonamides is 1. The third-order valence-electron chi connectivity index (χ3n) is 5.61. The van der Waals surface area contributed by atoms with E-state index >= 15 is 0 Å². The van der Waals surface area contributed by atoms with Crippen LogP contribution >= 0.6 is 0 Å². The molecule has 0 saturated carbocycles. The number of benzene rings is 2. The molecule has 0 aromatic heterocycles. The minimum absolute atomic E-state index is 0.0401. The van der Waals surface area contributed by atoms with E-state index in [1.54, 1.807) is 12.1 Å². The van der Waals surface area contributed by atoms with Crippen LogP contribution in [0, 0.1) is 0 Å². The standard InChI is InChI=1S/C23H31N3O3S/c1-3-7-20-10-12-22(13-11-20)30(28,29)26-16-14-25(15-17-26)19(2)23(27)24-18-21-8-5-4-6-9-21/h4-6,8-13,19H,3,7,14-18H2,1-2H3,(H,24,27). The molecule has 2 aromatic rings. The molecular formula is C23H31N3O3S. The van der Waals surface area contributed by atoms with E-state index < -0.39 is 10.0 Å². The van der Waals surface area contributed by atoms with Gasteiger partial charge in [-0.25, -0.2) is 8.42 Å². The van der Waals surface area contributed by atoms with Gasteiger partial charge in [0, 0.05) is 32.7 Å². The van der Waals surface area contributed by atoms with Crippen LogP contribution in [0.5, 0.6) is 0 Å². The Bertz CT molecular complexity index is 922. The number of carbonyl (C=O) groups is 1. The number of piperazine rings is 1. The van der Waals surface area contributed by atoms with Crippen molar-refractivity contribution in [2.45, 2.75) is 44.2 Å². The lowest BCUT2D eigenvalue weighted by molar-refractivity contribution is -0.126. The van der Waals surface area contributed by atoms with Gasteiger partial charge in [0.05, 0.1) is 10.9 Å². The molecule has 0 radical (unpaired) electrons. The van der Waals surface area contributed by atoms with E-state index in [0.717, 1.165) is 24.0 Å². The summed E-state index contributed by atoms with van der Waals surface area (Å²) in [6, 6.07) is 16.7. The monoisotopic (exact) mass is 429 g/mol. The largest absolute Gasteiger partial charge is 0.351 e. The molecule has 1 aliphatic heterocycles. The topological polar surface area (TPSA) is 69.7 Å². The van der Waals surface area contributed by atoms with Crippen molar-refractivity contribution in [1.82, 2.24) is 14.5 Å². The fourth-order valence-corrected chi connectivity index (χ4v) is 5.12. The van der Waals surface area contributed by atoms with Crippen molar-refractivity contribution in [3.05, 3.63) is 65.7 Å². The van der Waals surface area contributed by atoms with Crippen molar-refractivity contribution in [2.24, 2.45) is 0 Å². The zero-order chi connectivity index (χ0) is 21.6. The summed E-state index contributed by atoms with van der Waals surface area (Å²) in [4.78, 5) is 14.9. The summed E-state index contributed by atoms with van der Waals surface area (Å²) in [6.45, 7) is 6.31. The second-order valence-electron chi connectivity index (χ2n) is 7.71. The molecule has 1 N–H and O–H groups in total. The van der Waals surface area contributed by atoms with Crippen LogP contribution in [-0.4, -0.2) is 55.8 Å². The number of carbonyl (C=O) groups excluding carboxylic acids is 1. The van der Waals surface area contributed by atoms with E-state index in [1.807, 2.05) is 54.3 Å². The first-order valence-electron chi connectivity index (χ1n) is 10.6. The van der Waals surface area contributed by atoms with Gasteiger partial charge in [-0.2, -0.15) is 4.31 Å². The highest BCUT2D eigenvalue weighted by molar-refractivity contribution is 7.89. The van der Waals surface area contributed by atoms with Crippen LogP contribution < -0.4 is 5.32 Å². The fourth-order valence-electron chi connectivity index (χ4n) is 3.70. The third-order valence-corrected chi connectivity index (χ3v) is 7.52. The quantitative estimate of drug-likeness (QED) is 0.700. The molecule has 1 fully saturated rings. The number of aryl methyl sites for hydroxylation is 1. The van der Waals surface area contributed by atoms with Crippen LogP contribution in [0.25, 0.3) is 0 Å². The van der Waals surface area contributed by atoms with Gasteiger partial charge in [0.15, 0.2) is 0 Å². The number of nitrogens with one attached hydrogen (secondary N) is 1. The number of hydrogen-bond donors (Lipinski definition) is 1. The van der Waals surface area contributed by atoms with Gasteiger partial charge < -0.3 is 5.32 Å². The second-order valence-corrected chi connectivity index (χ2v) is 9.65. The normalized spacial score (nSPS) is 16.9. The SMILES string of the molecule is CCCc1ccc(S(=O)(=O)N2CCN(C(C)C(=O)NCc3ccccc3)CC2)cc1. The molecule has 0 aliphatic carbocycles. The van der Waals surface area contributed by atoms with Gasteiger partial charge in [0.2, 0.25) is 15.9 Å². The Morgan fingerprint density at radius 1 is 0.967 bits per heavy atom. The first kappa shape index (κ1) is 22.5. The first-order valence-corrected chi connectivity index (χ1v) is 12.0. The highest BCUT2D eigenvalue weighted by Crippen LogP contribution is 2.19. The molecule has 1 saturated heterocycles. The van der Waals surface area contributed by atoms with Crippen LogP contribution in [0.1, 0.15) is 31.4 Å². The maximum Gasteiger partial charge on any atom is 0.243 e. The lowest BCUT2D eigenvalue weighted by Gasteiger charge is -2.36. The number of rotatable bonds is 8. The van der Waals surface area contributed by atoms with E-state index in [1.165, 1.54) is 4.31 Å². The van der Waals surface area contributed by atoms with E-state index in [-0.39, 0.29) is 11.9 Å². The van der Waals surface area contributed by atoms with E-state index in [2.05, 4.69) is 12.2 Å². The molecule has 0 spiro atoms. The van der Waals surface area contributed by atoms with Crippen molar-refractivity contribution >= 4 is 15.9 Å². The highest BCUT2D eigenvalue weighted by atomic mass is 32.2. The van der Waals surface area contributed by atoms with Crippen LogP contribution in [0.15, 0.2) is 59.5 Å². The summed E-state index contributed by atoms with van der Waals surface area (Å²) in [5, 5.41) is 2.97. The highest BCUT2D eigenvalue weighted by Gasteiger charge is 2.31. The first-order chi connectivity index (χ1) is 14.4. The van der Waals surface area contributed by atoms with Crippen LogP contribution in [0.4, 0.5) is 0 Å². The lowest BCUT2D eigenvalue weighted by atomic mass is 10.1. The van der Waals surface area contributed by atoms with Gasteiger partial charge in [-0.1, -0.05) is 55.8 Å². The zero-order valence-corrected chi connectivity index (χ0v) is 18.6. The van der Waals surface area contributed by atoms with Crippen molar-refractivity contribution in [1.29, 1.82) is 0 Å². The molecular weight excluding hydrogens is 398 g/mol. The third kappa shape index (κ3) is 5.47. The van der Waals surface area contributed by atoms with Gasteiger partial charge in [0.25, 0.3) is 0 Å². The molecule has 162 valence electrons. The summed E-state index contributed by atoms with van der Waals surface area (Å²) < 4.78 is 27.4. The average molecular weight is 430 g/mol. The molecule has 1 heterocycles. The smallest absolute Gasteiger partial charge is 0.243 e. The van der Waals surface area contributed by atoms with E-state index in [4.69, 9.17) is 0 Å². The van der Waals surface area contributed by atoms with Crippen molar-refractivity contribution < 1.29 is 13.2 Å². The number of hydrogen-bond acceptors (Lipinski definition) is 4. The number of amides is 1. The minimum Gasteiger partial charge on any atom is -0.351 e. The maximum absolute atomic E-state index is 13.0. The van der Waals surface area contributed by atoms with Crippen LogP contribution in [0.2, 0.25) is 0 Å². The van der Waals surface area contributed by atoms with E-state index in [0.29, 0.717) is 37.6 Å². The van der Waals surface area contributed by atoms with Crippen LogP contribution in [-0.2, 0) is 27.8 Å². The minimum atomic E-state index is -3.50. The summed E-state index contributed by atoms with van der Waals surface area (Å²) in [7, 11) is -3.50. The Kier molecular flexibility index (Phi) is 7.64. The van der Waals surface area contributed by atoms with Crippen LogP contribution in [0.3, 0.4) is 0 Å². The van der Waals surface area contributed by atoms with Gasteiger partial charge in [-0.15, -0.1) is 0 Å². The Morgan fingerprint density at radius 3 is 2.20 bits per heavy atom. The molecule has 1 atom stereocenters. The molecule has 0 bridgehead atoms. The predicted octanol–water partition coefficient (Wildman–Crippen LogP) is 2.65. The molecule has 3 rings (SSSR count). The molecule has 6 nitrogen and oxygen atoms in total. The Hall–Kier alpha value is -2.22. The second kappa shape index (κ2) is 10.2. The molecule has 30 heavy (non-hydrogen) atoms. The Morgan fingerprint density at radius 2 is 1.60 bits per heavy atom. The van der Waals surface area contributed by atoms with Crippen molar-refractivity contribution in [3.8, 4) is 0 Å². The predicted molar refractivity (Wildman–Crippen MR) is 119 cm³/mol. The van der Waals surface area contributed by atoms with E-state index in [9.17, 15) is 13.2 Å². The molecule has 1 unspecified atom stereocenters. The number of nitrogens with zero attached hydrogens (tertiary/aromatic N) is 2. The molecule has 2 aromatic carbocycles. The van der Waals surface area contributed by atoms with Gasteiger partial charge in [-0.3, -0.25) is 9.69 Å². The lowest BCUT2D eigenvalue weighted by Crippen LogP contribution is -2.54. The van der Waals surface area contributed by atoms with Crippen molar-refractivity contribution in [2.75, 3.05) is 26.2 Å². The van der Waals surface area contributed by atoms with Gasteiger partial charge in [0.1, 0.15) is 0 Å². The summed E-state index contributed by atoms with van der Waals surface area (Å²) in [5.41, 5.74) is 2.20. The summed E-state index contributed by atoms with van der Waals surface area (Å²) in [6.07, 6.45) is 1.98. The maximum atomic E-state index is 13.0. The van der Waals surface area contributed by atoms with Crippen molar-refractivity contribution in [3.63, 3.8) is 0 Å². The molecule has 1 amide bonds. The summed E-state index contributed by atoms with van der Waals surface area (Å²) in [5.74, 6) is -0.0401. The fraction of sp³-hybridized carbons (Fsp3) is 0.435. The molecule has 1 aliphatic rings. The average Bonchev–Trinajstić information content (AvgIpc) is 2.78. The Labute approximate surface area is 179 Å². The van der Waals surface area contributed by atoms with Gasteiger partial charge >= 0.3 is 0 Å². The Balaban J connectivity index is 1.53.